The number of carbonyl (C=O) groups excluding carboxylic acids is 2. The lowest BCUT2D eigenvalue weighted by atomic mass is 9.49. The van der Waals surface area contributed by atoms with Crippen LogP contribution in [0.25, 0.3) is 0 Å². The molecule has 1 amide bonds. The van der Waals surface area contributed by atoms with E-state index in [0.29, 0.717) is 34.2 Å². The van der Waals surface area contributed by atoms with E-state index in [-0.39, 0.29) is 11.3 Å². The van der Waals surface area contributed by atoms with E-state index < -0.39 is 12.0 Å². The van der Waals surface area contributed by atoms with Crippen molar-refractivity contribution in [3.8, 4) is 0 Å². The van der Waals surface area contributed by atoms with Crippen LogP contribution >= 0.6 is 23.2 Å². The molecule has 27 heavy (non-hydrogen) atoms. The highest BCUT2D eigenvalue weighted by atomic mass is 35.5. The van der Waals surface area contributed by atoms with Gasteiger partial charge in [-0.1, -0.05) is 29.3 Å². The predicted molar refractivity (Wildman–Crippen MR) is 105 cm³/mol. The Kier molecular flexibility index (Phi) is 5.15. The molecule has 0 unspecified atom stereocenters. The number of ether oxygens (including phenoxy) is 1. The van der Waals surface area contributed by atoms with Gasteiger partial charge in [0.1, 0.15) is 6.04 Å². The number of amides is 1. The molecule has 1 aromatic carbocycles. The summed E-state index contributed by atoms with van der Waals surface area (Å²) in [5.41, 5.74) is 0.465. The molecular formula is C21H25Cl2NO3. The van der Waals surface area contributed by atoms with Crippen LogP contribution in [0, 0.1) is 23.2 Å². The molecule has 0 aliphatic heterocycles. The van der Waals surface area contributed by atoms with E-state index >= 15 is 0 Å². The van der Waals surface area contributed by atoms with E-state index in [1.807, 2.05) is 0 Å². The van der Waals surface area contributed by atoms with Crippen LogP contribution in [0.2, 0.25) is 10.0 Å². The van der Waals surface area contributed by atoms with Crippen LogP contribution in [0.3, 0.4) is 0 Å². The zero-order valence-electron chi connectivity index (χ0n) is 15.5. The minimum absolute atomic E-state index is 0.0158. The average Bonchev–Trinajstić information content (AvgIpc) is 2.61. The van der Waals surface area contributed by atoms with Gasteiger partial charge >= 0.3 is 5.97 Å². The second-order valence-electron chi connectivity index (χ2n) is 8.69. The molecule has 0 radical (unpaired) electrons. The normalized spacial score (nSPS) is 32.2. The first-order valence-corrected chi connectivity index (χ1v) is 10.5. The molecule has 1 aromatic rings. The van der Waals surface area contributed by atoms with Crippen molar-refractivity contribution in [3.05, 3.63) is 33.8 Å². The number of carbonyl (C=O) groups is 2. The van der Waals surface area contributed by atoms with E-state index in [2.05, 4.69) is 5.32 Å². The Balaban J connectivity index is 1.52. The fourth-order valence-electron chi connectivity index (χ4n) is 5.94. The van der Waals surface area contributed by atoms with Gasteiger partial charge in [0, 0.05) is 21.9 Å². The fourth-order valence-corrected chi connectivity index (χ4v) is 6.43. The zero-order valence-corrected chi connectivity index (χ0v) is 17.0. The van der Waals surface area contributed by atoms with Gasteiger partial charge in [-0.2, -0.15) is 0 Å². The highest BCUT2D eigenvalue weighted by Gasteiger charge is 2.55. The molecule has 5 rings (SSSR count). The third kappa shape index (κ3) is 3.71. The van der Waals surface area contributed by atoms with Crippen molar-refractivity contribution in [3.63, 3.8) is 0 Å². The zero-order chi connectivity index (χ0) is 19.2. The molecule has 6 heteroatoms. The van der Waals surface area contributed by atoms with Gasteiger partial charge in [-0.05, 0) is 74.0 Å². The van der Waals surface area contributed by atoms with Crippen molar-refractivity contribution in [1.29, 1.82) is 0 Å². The second kappa shape index (κ2) is 7.29. The van der Waals surface area contributed by atoms with Crippen molar-refractivity contribution < 1.29 is 14.3 Å². The number of rotatable bonds is 5. The highest BCUT2D eigenvalue weighted by molar-refractivity contribution is 6.35. The first-order chi connectivity index (χ1) is 12.9. The van der Waals surface area contributed by atoms with Crippen LogP contribution < -0.4 is 5.32 Å². The van der Waals surface area contributed by atoms with Gasteiger partial charge in [-0.15, -0.1) is 0 Å². The lowest BCUT2D eigenvalue weighted by Gasteiger charge is -2.55. The molecular weight excluding hydrogens is 385 g/mol. The lowest BCUT2D eigenvalue weighted by molar-refractivity contribution is -0.152. The quantitative estimate of drug-likeness (QED) is 0.732. The van der Waals surface area contributed by atoms with Crippen LogP contribution in [-0.2, 0) is 20.7 Å². The molecule has 4 saturated carbocycles. The Morgan fingerprint density at radius 2 is 1.74 bits per heavy atom. The minimum atomic E-state index is -0.741. The topological polar surface area (TPSA) is 55.4 Å². The summed E-state index contributed by atoms with van der Waals surface area (Å²) in [5, 5.41) is 4.03. The molecule has 0 heterocycles. The number of nitrogens with one attached hydrogen (secondary N) is 1. The molecule has 1 atom stereocenters. The average molecular weight is 410 g/mol. The summed E-state index contributed by atoms with van der Waals surface area (Å²) >= 11 is 12.2. The van der Waals surface area contributed by atoms with Gasteiger partial charge in [0.15, 0.2) is 0 Å². The highest BCUT2D eigenvalue weighted by Crippen LogP contribution is 2.60. The summed E-state index contributed by atoms with van der Waals surface area (Å²) < 4.78 is 4.95. The fraction of sp³-hybridized carbons (Fsp3) is 0.619. The van der Waals surface area contributed by atoms with Gasteiger partial charge in [0.25, 0.3) is 0 Å². The maximum atomic E-state index is 13.3. The van der Waals surface area contributed by atoms with Crippen LogP contribution in [0.4, 0.5) is 0 Å². The molecule has 4 aliphatic carbocycles. The number of hydrogen-bond donors (Lipinski definition) is 1. The van der Waals surface area contributed by atoms with Gasteiger partial charge in [-0.25, -0.2) is 4.79 Å². The van der Waals surface area contributed by atoms with Crippen molar-refractivity contribution >= 4 is 35.1 Å². The Hall–Kier alpha value is -1.26. The van der Waals surface area contributed by atoms with E-state index in [1.54, 1.807) is 18.2 Å². The summed E-state index contributed by atoms with van der Waals surface area (Å²) in [6.45, 7) is 0. The monoisotopic (exact) mass is 409 g/mol. The Morgan fingerprint density at radius 1 is 1.15 bits per heavy atom. The summed E-state index contributed by atoms with van der Waals surface area (Å²) in [6, 6.07) is 4.43. The maximum absolute atomic E-state index is 13.3. The molecule has 0 spiro atoms. The minimum Gasteiger partial charge on any atom is -0.467 e. The Bertz CT molecular complexity index is 729. The largest absolute Gasteiger partial charge is 0.467 e. The molecule has 0 saturated heterocycles. The summed E-state index contributed by atoms with van der Waals surface area (Å²) in [7, 11) is 1.34. The van der Waals surface area contributed by atoms with Gasteiger partial charge < -0.3 is 10.1 Å². The van der Waals surface area contributed by atoms with Crippen molar-refractivity contribution in [2.45, 2.75) is 51.0 Å². The number of benzene rings is 1. The summed E-state index contributed by atoms with van der Waals surface area (Å²) in [4.78, 5) is 25.6. The molecule has 4 aliphatic rings. The van der Waals surface area contributed by atoms with E-state index in [4.69, 9.17) is 27.9 Å². The smallest absolute Gasteiger partial charge is 0.328 e. The summed E-state index contributed by atoms with van der Waals surface area (Å²) in [5.74, 6) is 1.58. The number of esters is 1. The van der Waals surface area contributed by atoms with Gasteiger partial charge in [0.05, 0.1) is 7.11 Å². The first kappa shape index (κ1) is 19.1. The van der Waals surface area contributed by atoms with E-state index in [1.165, 1.54) is 26.4 Å². The van der Waals surface area contributed by atoms with E-state index in [9.17, 15) is 9.59 Å². The predicted octanol–water partition coefficient (Wildman–Crippen LogP) is 4.41. The molecule has 4 fully saturated rings. The molecule has 1 N–H and O–H groups in total. The Morgan fingerprint density at radius 3 is 2.26 bits per heavy atom. The first-order valence-electron chi connectivity index (χ1n) is 9.71. The SMILES string of the molecule is COC(=O)[C@@H](Cc1ccc(Cl)cc1Cl)NC(=O)C12CC3CC(CC(C3)C1)C2. The third-order valence-electron chi connectivity index (χ3n) is 6.75. The standard InChI is InChI=1S/C21H25Cl2NO3/c1-27-19(25)18(7-15-2-3-16(22)8-17(15)23)24-20(26)21-9-12-4-13(10-21)6-14(5-12)11-21/h2-3,8,12-14,18H,4-7,9-11H2,1H3,(H,24,26)/t12?,13?,14?,18-,21?/m1/s1. The second-order valence-corrected chi connectivity index (χ2v) is 9.53. The van der Waals surface area contributed by atoms with Gasteiger partial charge in [0.2, 0.25) is 5.91 Å². The summed E-state index contributed by atoms with van der Waals surface area (Å²) in [6.07, 6.45) is 6.98. The maximum Gasteiger partial charge on any atom is 0.328 e. The number of hydrogen-bond acceptors (Lipinski definition) is 3. The van der Waals surface area contributed by atoms with Crippen molar-refractivity contribution in [2.24, 2.45) is 23.2 Å². The van der Waals surface area contributed by atoms with Crippen LogP contribution in [-0.4, -0.2) is 25.0 Å². The molecule has 146 valence electrons. The van der Waals surface area contributed by atoms with Gasteiger partial charge in [-0.3, -0.25) is 4.79 Å². The lowest BCUT2D eigenvalue weighted by Crippen LogP contribution is -2.56. The number of halogens is 2. The molecule has 4 bridgehead atoms. The number of methoxy groups -OCH3 is 1. The van der Waals surface area contributed by atoms with Crippen molar-refractivity contribution in [2.75, 3.05) is 7.11 Å². The Labute approximate surface area is 169 Å². The van der Waals surface area contributed by atoms with Crippen molar-refractivity contribution in [1.82, 2.24) is 5.32 Å². The third-order valence-corrected chi connectivity index (χ3v) is 7.34. The van der Waals surface area contributed by atoms with Crippen LogP contribution in [0.5, 0.6) is 0 Å². The van der Waals surface area contributed by atoms with Crippen LogP contribution in [0.15, 0.2) is 18.2 Å². The van der Waals surface area contributed by atoms with Crippen LogP contribution in [0.1, 0.15) is 44.1 Å². The van der Waals surface area contributed by atoms with E-state index in [0.717, 1.165) is 24.8 Å². The molecule has 4 nitrogen and oxygen atoms in total. The molecule has 0 aromatic heterocycles.